The van der Waals surface area contributed by atoms with Gasteiger partial charge in [0.2, 0.25) is 0 Å². The molecule has 0 radical (unpaired) electrons. The number of hydrogen-bond donors (Lipinski definition) is 2. The highest BCUT2D eigenvalue weighted by Crippen LogP contribution is 2.25. The lowest BCUT2D eigenvalue weighted by Crippen LogP contribution is -2.21. The summed E-state index contributed by atoms with van der Waals surface area (Å²) in [6.45, 7) is 12.2. The van der Waals surface area contributed by atoms with Gasteiger partial charge in [-0.25, -0.2) is 9.97 Å². The fourth-order valence-corrected chi connectivity index (χ4v) is 2.84. The molecule has 0 amide bonds. The number of nitrogens with one attached hydrogen (secondary N) is 2. The molecule has 0 aliphatic heterocycles. The minimum absolute atomic E-state index is 0.750. The summed E-state index contributed by atoms with van der Waals surface area (Å²) in [5.41, 5.74) is 3.52. The molecule has 0 bridgehead atoms. The van der Waals surface area contributed by atoms with Crippen molar-refractivity contribution < 1.29 is 0 Å². The third-order valence-electron chi connectivity index (χ3n) is 4.30. The quantitative estimate of drug-likeness (QED) is 0.715. The molecule has 0 spiro atoms. The van der Waals surface area contributed by atoms with E-state index in [1.807, 2.05) is 13.0 Å². The van der Waals surface area contributed by atoms with Gasteiger partial charge in [-0.1, -0.05) is 0 Å². The smallest absolute Gasteiger partial charge is 0.136 e. The van der Waals surface area contributed by atoms with Gasteiger partial charge in [0.15, 0.2) is 0 Å². The first kappa shape index (κ1) is 20.0. The Morgan fingerprint density at radius 2 is 1.65 bits per heavy atom. The van der Waals surface area contributed by atoms with Gasteiger partial charge in [0, 0.05) is 43.6 Å². The summed E-state index contributed by atoms with van der Waals surface area (Å²) in [6, 6.07) is 8.46. The molecule has 2 N–H and O–H groups in total. The standard InChI is InChI=1S/C20H32N6/c1-7-26(8-2)17-9-10-18(15(3)13-17)24-20-14-19(22-16(4)23-20)21-11-12-25(5)6/h9-10,13-14H,7-8,11-12H2,1-6H3,(H2,21,22,23,24). The number of likely N-dealkylation sites (N-methyl/N-ethyl adjacent to an activating group) is 1. The maximum absolute atomic E-state index is 4.52. The summed E-state index contributed by atoms with van der Waals surface area (Å²) in [4.78, 5) is 13.5. The van der Waals surface area contributed by atoms with E-state index in [1.165, 1.54) is 11.3 Å². The van der Waals surface area contributed by atoms with Gasteiger partial charge in [0.05, 0.1) is 0 Å². The van der Waals surface area contributed by atoms with Crippen molar-refractivity contribution in [3.63, 3.8) is 0 Å². The fraction of sp³-hybridized carbons (Fsp3) is 0.500. The van der Waals surface area contributed by atoms with Gasteiger partial charge in [-0.05, 0) is 65.6 Å². The molecule has 0 aliphatic rings. The lowest BCUT2D eigenvalue weighted by Gasteiger charge is -2.22. The molecule has 0 aliphatic carbocycles. The third-order valence-corrected chi connectivity index (χ3v) is 4.30. The second-order valence-corrected chi connectivity index (χ2v) is 6.71. The summed E-state index contributed by atoms with van der Waals surface area (Å²) in [5.74, 6) is 2.41. The second-order valence-electron chi connectivity index (χ2n) is 6.71. The number of benzene rings is 1. The molecule has 1 aromatic heterocycles. The monoisotopic (exact) mass is 356 g/mol. The van der Waals surface area contributed by atoms with Crippen LogP contribution >= 0.6 is 0 Å². The largest absolute Gasteiger partial charge is 0.372 e. The summed E-state index contributed by atoms with van der Waals surface area (Å²) in [6.07, 6.45) is 0. The Bertz CT molecular complexity index is 709. The minimum Gasteiger partial charge on any atom is -0.372 e. The zero-order chi connectivity index (χ0) is 19.1. The molecule has 2 aromatic rings. The molecule has 0 atom stereocenters. The van der Waals surface area contributed by atoms with E-state index in [4.69, 9.17) is 0 Å². The second kappa shape index (κ2) is 9.38. The van der Waals surface area contributed by atoms with Gasteiger partial charge in [0.25, 0.3) is 0 Å². The van der Waals surface area contributed by atoms with Gasteiger partial charge >= 0.3 is 0 Å². The SMILES string of the molecule is CCN(CC)c1ccc(Nc2cc(NCCN(C)C)nc(C)n2)c(C)c1. The van der Waals surface area contributed by atoms with Gasteiger partial charge in [0.1, 0.15) is 17.5 Å². The Hall–Kier alpha value is -2.34. The molecule has 0 unspecified atom stereocenters. The lowest BCUT2D eigenvalue weighted by molar-refractivity contribution is 0.425. The molecule has 26 heavy (non-hydrogen) atoms. The first-order chi connectivity index (χ1) is 12.4. The van der Waals surface area contributed by atoms with E-state index in [0.717, 1.165) is 49.3 Å². The van der Waals surface area contributed by atoms with E-state index in [1.54, 1.807) is 0 Å². The maximum atomic E-state index is 4.52. The van der Waals surface area contributed by atoms with Gasteiger partial charge in [-0.3, -0.25) is 0 Å². The van der Waals surface area contributed by atoms with Crippen molar-refractivity contribution in [2.75, 3.05) is 55.8 Å². The number of nitrogens with zero attached hydrogens (tertiary/aromatic N) is 4. The van der Waals surface area contributed by atoms with Gasteiger partial charge in [-0.2, -0.15) is 0 Å². The normalized spacial score (nSPS) is 10.9. The highest BCUT2D eigenvalue weighted by Gasteiger charge is 2.07. The average molecular weight is 357 g/mol. The first-order valence-electron chi connectivity index (χ1n) is 9.29. The van der Waals surface area contributed by atoms with Crippen molar-refractivity contribution in [2.24, 2.45) is 0 Å². The van der Waals surface area contributed by atoms with Crippen molar-refractivity contribution in [3.8, 4) is 0 Å². The summed E-state index contributed by atoms with van der Waals surface area (Å²) in [5, 5.41) is 6.79. The molecule has 1 heterocycles. The number of rotatable bonds is 9. The lowest BCUT2D eigenvalue weighted by atomic mass is 10.1. The fourth-order valence-electron chi connectivity index (χ4n) is 2.84. The summed E-state index contributed by atoms with van der Waals surface area (Å²) >= 11 is 0. The number of aryl methyl sites for hydroxylation is 2. The molecule has 1 aromatic carbocycles. The van der Waals surface area contributed by atoms with Gasteiger partial charge < -0.3 is 20.4 Å². The van der Waals surface area contributed by atoms with Crippen LogP contribution in [0.3, 0.4) is 0 Å². The van der Waals surface area contributed by atoms with Crippen LogP contribution in [-0.2, 0) is 0 Å². The van der Waals surface area contributed by atoms with Crippen LogP contribution in [-0.4, -0.2) is 55.1 Å². The van der Waals surface area contributed by atoms with E-state index in [0.29, 0.717) is 0 Å². The predicted molar refractivity (Wildman–Crippen MR) is 112 cm³/mol. The first-order valence-corrected chi connectivity index (χ1v) is 9.29. The zero-order valence-corrected chi connectivity index (χ0v) is 16.9. The van der Waals surface area contributed by atoms with Crippen molar-refractivity contribution in [2.45, 2.75) is 27.7 Å². The Morgan fingerprint density at radius 1 is 0.962 bits per heavy atom. The van der Waals surface area contributed by atoms with E-state index >= 15 is 0 Å². The van der Waals surface area contributed by atoms with Gasteiger partial charge in [-0.15, -0.1) is 0 Å². The van der Waals surface area contributed by atoms with Crippen LogP contribution in [0.25, 0.3) is 0 Å². The molecule has 6 nitrogen and oxygen atoms in total. The van der Waals surface area contributed by atoms with Crippen LogP contribution in [0.15, 0.2) is 24.3 Å². The molecular formula is C20H32N6. The third kappa shape index (κ3) is 5.59. The minimum atomic E-state index is 0.750. The van der Waals surface area contributed by atoms with Crippen LogP contribution in [0, 0.1) is 13.8 Å². The molecular weight excluding hydrogens is 324 g/mol. The maximum Gasteiger partial charge on any atom is 0.136 e. The highest BCUT2D eigenvalue weighted by molar-refractivity contribution is 5.66. The zero-order valence-electron chi connectivity index (χ0n) is 16.9. The topological polar surface area (TPSA) is 56.3 Å². The van der Waals surface area contributed by atoms with Crippen LogP contribution in [0.2, 0.25) is 0 Å². The van der Waals surface area contributed by atoms with Crippen molar-refractivity contribution in [1.29, 1.82) is 0 Å². The number of aromatic nitrogens is 2. The van der Waals surface area contributed by atoms with E-state index in [-0.39, 0.29) is 0 Å². The Balaban J connectivity index is 2.13. The molecule has 2 rings (SSSR count). The summed E-state index contributed by atoms with van der Waals surface area (Å²) < 4.78 is 0. The highest BCUT2D eigenvalue weighted by atomic mass is 15.1. The van der Waals surface area contributed by atoms with Crippen LogP contribution in [0.5, 0.6) is 0 Å². The molecule has 0 fully saturated rings. The molecule has 6 heteroatoms. The predicted octanol–water partition coefficient (Wildman–Crippen LogP) is 3.66. The molecule has 0 saturated heterocycles. The van der Waals surface area contributed by atoms with Crippen LogP contribution in [0.1, 0.15) is 25.2 Å². The average Bonchev–Trinajstić information content (AvgIpc) is 2.57. The van der Waals surface area contributed by atoms with E-state index in [9.17, 15) is 0 Å². The Morgan fingerprint density at radius 3 is 2.27 bits per heavy atom. The van der Waals surface area contributed by atoms with E-state index < -0.39 is 0 Å². The Labute approximate surface area is 157 Å². The van der Waals surface area contributed by atoms with Crippen LogP contribution < -0.4 is 15.5 Å². The van der Waals surface area contributed by atoms with Crippen molar-refractivity contribution >= 4 is 23.0 Å². The number of anilines is 4. The number of hydrogen-bond acceptors (Lipinski definition) is 6. The molecule has 142 valence electrons. The van der Waals surface area contributed by atoms with Crippen molar-refractivity contribution in [3.05, 3.63) is 35.7 Å². The van der Waals surface area contributed by atoms with E-state index in [2.05, 4.69) is 83.5 Å². The summed E-state index contributed by atoms with van der Waals surface area (Å²) in [7, 11) is 4.12. The molecule has 0 saturated carbocycles. The van der Waals surface area contributed by atoms with Crippen LogP contribution in [0.4, 0.5) is 23.0 Å². The Kier molecular flexibility index (Phi) is 7.21. The van der Waals surface area contributed by atoms with Crippen molar-refractivity contribution in [1.82, 2.24) is 14.9 Å².